The Bertz CT molecular complexity index is 2210. The van der Waals surface area contributed by atoms with Gasteiger partial charge in [-0.25, -0.2) is 22.8 Å². The van der Waals surface area contributed by atoms with Crippen molar-refractivity contribution in [3.63, 3.8) is 0 Å². The molecule has 3 atom stereocenters. The van der Waals surface area contributed by atoms with Gasteiger partial charge in [0.15, 0.2) is 5.71 Å². The molecule has 2 aliphatic heterocycles. The van der Waals surface area contributed by atoms with E-state index in [0.29, 0.717) is 25.8 Å². The predicted molar refractivity (Wildman–Crippen MR) is 233 cm³/mol. The second-order valence-corrected chi connectivity index (χ2v) is 18.2. The minimum Gasteiger partial charge on any atom is -0.744 e. The van der Waals surface area contributed by atoms with E-state index in [2.05, 4.69) is 59.2 Å². The summed E-state index contributed by atoms with van der Waals surface area (Å²) in [6.07, 6.45) is 9.83. The molecule has 0 saturated heterocycles. The van der Waals surface area contributed by atoms with Crippen LogP contribution in [-0.2, 0) is 40.1 Å². The highest BCUT2D eigenvalue weighted by atomic mass is 32.2. The first-order valence-electron chi connectivity index (χ1n) is 21.2. The Balaban J connectivity index is 1.55. The van der Waals surface area contributed by atoms with Gasteiger partial charge in [0.05, 0.1) is 10.3 Å². The summed E-state index contributed by atoms with van der Waals surface area (Å²) in [5.41, 5.74) is 4.29. The number of fused-ring (bicyclic) bond motifs is 2. The number of benzene rings is 2. The van der Waals surface area contributed by atoms with Crippen molar-refractivity contribution >= 4 is 57.1 Å². The van der Waals surface area contributed by atoms with Crippen molar-refractivity contribution in [3.8, 4) is 0 Å². The van der Waals surface area contributed by atoms with Gasteiger partial charge in [-0.2, -0.15) is 4.58 Å². The lowest BCUT2D eigenvalue weighted by molar-refractivity contribution is -0.438. The number of nitrogens with zero attached hydrogens (tertiary/aromatic N) is 2. The third-order valence-electron chi connectivity index (χ3n) is 11.7. The van der Waals surface area contributed by atoms with E-state index in [1.54, 1.807) is 6.07 Å². The molecule has 0 radical (unpaired) electrons. The van der Waals surface area contributed by atoms with Crippen LogP contribution in [0.5, 0.6) is 0 Å². The third kappa shape index (κ3) is 11.7. The molecule has 2 aromatic carbocycles. The van der Waals surface area contributed by atoms with Crippen LogP contribution in [0, 0.1) is 0 Å². The van der Waals surface area contributed by atoms with Crippen LogP contribution in [0.4, 0.5) is 16.2 Å². The number of rotatable bonds is 23. The van der Waals surface area contributed by atoms with Gasteiger partial charge in [0, 0.05) is 53.9 Å². The lowest BCUT2D eigenvalue weighted by Crippen LogP contribution is -2.51. The summed E-state index contributed by atoms with van der Waals surface area (Å²) in [7, 11) is -4.66. The topological polar surface area (TPSA) is 246 Å². The highest BCUT2D eigenvalue weighted by Crippen LogP contribution is 2.49. The lowest BCUT2D eigenvalue weighted by Gasteiger charge is -2.33. The zero-order valence-corrected chi connectivity index (χ0v) is 37.2. The second-order valence-electron chi connectivity index (χ2n) is 16.8. The molecule has 0 aromatic heterocycles. The summed E-state index contributed by atoms with van der Waals surface area (Å²) < 4.78 is 38.2. The molecular weight excluding hydrogens is 819 g/mol. The molecule has 3 amide bonds. The molecule has 2 aromatic rings. The average Bonchev–Trinajstić information content (AvgIpc) is 3.55. The number of unbranched alkanes of at least 4 members (excludes halogenated alkanes) is 3. The molecule has 17 heteroatoms. The van der Waals surface area contributed by atoms with E-state index >= 15 is 0 Å². The van der Waals surface area contributed by atoms with E-state index in [-0.39, 0.29) is 30.2 Å². The zero-order chi connectivity index (χ0) is 46.0. The molecular formula is C45H61N5O11S. The lowest BCUT2D eigenvalue weighted by atomic mass is 9.81. The first kappa shape index (κ1) is 49.1. The van der Waals surface area contributed by atoms with Gasteiger partial charge in [-0.15, -0.1) is 0 Å². The van der Waals surface area contributed by atoms with Crippen molar-refractivity contribution in [3.05, 3.63) is 77.5 Å². The maximum atomic E-state index is 14.2. The van der Waals surface area contributed by atoms with Crippen molar-refractivity contribution in [2.45, 2.75) is 140 Å². The molecule has 0 aliphatic carbocycles. The second kappa shape index (κ2) is 21.0. The Morgan fingerprint density at radius 1 is 0.823 bits per heavy atom. The van der Waals surface area contributed by atoms with Gasteiger partial charge in [0.25, 0.3) is 0 Å². The quantitative estimate of drug-likeness (QED) is 0.0433. The van der Waals surface area contributed by atoms with Gasteiger partial charge in [0.2, 0.25) is 11.6 Å². The number of urea groups is 1. The summed E-state index contributed by atoms with van der Waals surface area (Å²) in [6.45, 7) is 13.3. The summed E-state index contributed by atoms with van der Waals surface area (Å²) in [6, 6.07) is 8.03. The smallest absolute Gasteiger partial charge is 0.326 e. The fraction of sp³-hybridized carbons (Fsp3) is 0.511. The van der Waals surface area contributed by atoms with Gasteiger partial charge in [-0.3, -0.25) is 9.59 Å². The summed E-state index contributed by atoms with van der Waals surface area (Å²) in [5, 5.41) is 35.3. The minimum absolute atomic E-state index is 0.00661. The first-order valence-corrected chi connectivity index (χ1v) is 22.6. The predicted octanol–water partition coefficient (Wildman–Crippen LogP) is 5.92. The molecule has 0 fully saturated rings. The zero-order valence-electron chi connectivity index (χ0n) is 36.4. The number of nitrogens with one attached hydrogen (secondary N) is 3. The van der Waals surface area contributed by atoms with Gasteiger partial charge >= 0.3 is 23.9 Å². The number of hydrogen-bond donors (Lipinski definition) is 6. The molecule has 0 saturated carbocycles. The Hall–Kier alpha value is -5.55. The standard InChI is InChI=1S/C45H61N5O11S/c1-7-9-18-36(40(53)46-26-14-13-17-32(41(54)55)47-43(58)48-33(42(56)57)23-25-39(51)52)50-35-19-12-11-16-30(35)44(3,4)38(50)21-15-20-37-45(5,6)31-28-29(62(59,60)61)22-24-34(31)49(37)27-10-8-2/h11-12,15-16,19-22,24,28,32-33,36H,7-10,13-14,17-18,23,25-27H2,1-6H3,(H6-,46,47,48,51,52,53,54,55,56,57,58,59,60,61). The number of aliphatic carboxylic acids is 3. The van der Waals surface area contributed by atoms with Crippen LogP contribution >= 0.6 is 0 Å². The van der Waals surface area contributed by atoms with Crippen molar-refractivity contribution in [1.29, 1.82) is 0 Å². The van der Waals surface area contributed by atoms with Crippen LogP contribution in [0.2, 0.25) is 0 Å². The van der Waals surface area contributed by atoms with E-state index in [4.69, 9.17) is 5.11 Å². The number of para-hydroxylation sites is 1. The molecule has 6 N–H and O–H groups in total. The first-order chi connectivity index (χ1) is 29.2. The van der Waals surface area contributed by atoms with E-state index in [9.17, 15) is 47.2 Å². The Kier molecular flexibility index (Phi) is 16.6. The molecule has 16 nitrogen and oxygen atoms in total. The summed E-state index contributed by atoms with van der Waals surface area (Å²) >= 11 is 0. The molecule has 2 aliphatic rings. The van der Waals surface area contributed by atoms with Crippen LogP contribution in [0.3, 0.4) is 0 Å². The normalized spacial score (nSPS) is 17.3. The van der Waals surface area contributed by atoms with Gasteiger partial charge in [-0.1, -0.05) is 71.2 Å². The van der Waals surface area contributed by atoms with E-state index < -0.39 is 69.4 Å². The largest absolute Gasteiger partial charge is 0.744 e. The summed E-state index contributed by atoms with van der Waals surface area (Å²) in [5.74, 6) is -4.22. The number of carbonyl (C=O) groups is 5. The number of anilines is 1. The number of carboxylic acids is 3. The van der Waals surface area contributed by atoms with E-state index in [1.807, 2.05) is 50.3 Å². The minimum atomic E-state index is -4.66. The fourth-order valence-corrected chi connectivity index (χ4v) is 8.72. The Morgan fingerprint density at radius 3 is 2.08 bits per heavy atom. The number of allylic oxidation sites excluding steroid dienone is 4. The van der Waals surface area contributed by atoms with Gasteiger partial charge in [0.1, 0.15) is 34.8 Å². The van der Waals surface area contributed by atoms with Gasteiger partial charge < -0.3 is 40.7 Å². The molecule has 62 heavy (non-hydrogen) atoms. The fourth-order valence-electron chi connectivity index (χ4n) is 8.22. The van der Waals surface area contributed by atoms with Crippen LogP contribution in [0.15, 0.2) is 71.3 Å². The van der Waals surface area contributed by atoms with Crippen LogP contribution < -0.4 is 20.9 Å². The van der Waals surface area contributed by atoms with E-state index in [1.165, 1.54) is 12.1 Å². The van der Waals surface area contributed by atoms with Crippen LogP contribution in [0.1, 0.15) is 117 Å². The van der Waals surface area contributed by atoms with E-state index in [0.717, 1.165) is 59.6 Å². The maximum absolute atomic E-state index is 14.2. The van der Waals surface area contributed by atoms with Gasteiger partial charge in [-0.05, 0) is 75.8 Å². The Labute approximate surface area is 363 Å². The molecule has 0 bridgehead atoms. The number of amides is 3. The number of hydrogen-bond acceptors (Lipinski definition) is 9. The van der Waals surface area contributed by atoms with Crippen molar-refractivity contribution in [2.24, 2.45) is 0 Å². The Morgan fingerprint density at radius 2 is 1.47 bits per heavy atom. The molecule has 4 rings (SSSR count). The number of carbonyl (C=O) groups excluding carboxylic acids is 2. The maximum Gasteiger partial charge on any atom is 0.326 e. The van der Waals surface area contributed by atoms with Crippen molar-refractivity contribution in [2.75, 3.05) is 18.0 Å². The SMILES string of the molecule is CCCCC(C(=O)NCCCCC(NC(=O)NC(CCC(=O)O)C(=O)O)C(=O)O)N1/C(=C\C=C\C2=[N+](CCCC)c3ccc(S(=O)(=O)[O-])cc3C2(C)C)C(C)(C)c2ccccc21. The van der Waals surface area contributed by atoms with Crippen molar-refractivity contribution in [1.82, 2.24) is 16.0 Å². The van der Waals surface area contributed by atoms with Crippen LogP contribution in [0.25, 0.3) is 0 Å². The van der Waals surface area contributed by atoms with Crippen LogP contribution in [-0.4, -0.2) is 99.6 Å². The molecule has 3 unspecified atom stereocenters. The third-order valence-corrected chi connectivity index (χ3v) is 12.5. The summed E-state index contributed by atoms with van der Waals surface area (Å²) in [4.78, 5) is 62.8. The molecule has 338 valence electrons. The van der Waals surface area contributed by atoms with Crippen molar-refractivity contribution < 1.29 is 56.8 Å². The average molecular weight is 880 g/mol. The molecule has 0 spiro atoms. The number of carboxylic acid groups (broad SMARTS) is 3. The highest BCUT2D eigenvalue weighted by Gasteiger charge is 2.46. The highest BCUT2D eigenvalue weighted by molar-refractivity contribution is 7.85. The monoisotopic (exact) mass is 879 g/mol. The molecule has 2 heterocycles.